The van der Waals surface area contributed by atoms with E-state index in [-0.39, 0.29) is 18.2 Å². The number of aryl methyl sites for hydroxylation is 2. The van der Waals surface area contributed by atoms with Gasteiger partial charge in [-0.2, -0.15) is 0 Å². The number of hydrogen-bond acceptors (Lipinski definition) is 3. The van der Waals surface area contributed by atoms with Gasteiger partial charge in [0.25, 0.3) is 0 Å². The fraction of sp³-hybridized carbons (Fsp3) is 0.214. The maximum absolute atomic E-state index is 13.1. The molecule has 1 aromatic heterocycles. The standard InChI is InChI=1S/C14H13F2NO2/c1-8-3-9(2)17-14(13(8)7-18)19-12-5-10(15)4-11(16)6-12/h3-6,18H,7H2,1-2H3. The van der Waals surface area contributed by atoms with Crippen molar-refractivity contribution in [3.63, 3.8) is 0 Å². The van der Waals surface area contributed by atoms with E-state index in [1.54, 1.807) is 19.9 Å². The third-order valence-electron chi connectivity index (χ3n) is 2.65. The summed E-state index contributed by atoms with van der Waals surface area (Å²) in [4.78, 5) is 4.13. The Labute approximate surface area is 109 Å². The minimum absolute atomic E-state index is 0.00435. The van der Waals surface area contributed by atoms with Gasteiger partial charge in [-0.3, -0.25) is 0 Å². The van der Waals surface area contributed by atoms with E-state index in [9.17, 15) is 13.9 Å². The normalized spacial score (nSPS) is 10.6. The van der Waals surface area contributed by atoms with Crippen LogP contribution in [0.2, 0.25) is 0 Å². The molecule has 0 spiro atoms. The van der Waals surface area contributed by atoms with Crippen LogP contribution in [0, 0.1) is 25.5 Å². The molecule has 0 aliphatic heterocycles. The Morgan fingerprint density at radius 1 is 1.11 bits per heavy atom. The molecule has 2 rings (SSSR count). The Kier molecular flexibility index (Phi) is 3.76. The van der Waals surface area contributed by atoms with E-state index < -0.39 is 11.6 Å². The van der Waals surface area contributed by atoms with Crippen LogP contribution in [0.15, 0.2) is 24.3 Å². The first kappa shape index (κ1) is 13.4. The number of pyridine rings is 1. The summed E-state index contributed by atoms with van der Waals surface area (Å²) in [5, 5.41) is 9.31. The summed E-state index contributed by atoms with van der Waals surface area (Å²) in [7, 11) is 0. The highest BCUT2D eigenvalue weighted by Crippen LogP contribution is 2.27. The fourth-order valence-corrected chi connectivity index (χ4v) is 1.80. The smallest absolute Gasteiger partial charge is 0.225 e. The van der Waals surface area contributed by atoms with Crippen LogP contribution in [-0.4, -0.2) is 10.1 Å². The first-order valence-electron chi connectivity index (χ1n) is 5.71. The van der Waals surface area contributed by atoms with Crippen molar-refractivity contribution in [1.82, 2.24) is 4.98 Å². The molecule has 2 aromatic rings. The SMILES string of the molecule is Cc1cc(C)c(CO)c(Oc2cc(F)cc(F)c2)n1. The van der Waals surface area contributed by atoms with E-state index in [1.807, 2.05) is 0 Å². The molecule has 100 valence electrons. The number of hydrogen-bond donors (Lipinski definition) is 1. The molecule has 5 heteroatoms. The first-order valence-corrected chi connectivity index (χ1v) is 5.71. The van der Waals surface area contributed by atoms with Crippen LogP contribution >= 0.6 is 0 Å². The summed E-state index contributed by atoms with van der Waals surface area (Å²) in [5.41, 5.74) is 2.00. The van der Waals surface area contributed by atoms with Gasteiger partial charge in [0, 0.05) is 29.5 Å². The zero-order chi connectivity index (χ0) is 14.0. The number of aliphatic hydroxyl groups is 1. The van der Waals surface area contributed by atoms with Crippen LogP contribution in [0.4, 0.5) is 8.78 Å². The van der Waals surface area contributed by atoms with Gasteiger partial charge in [0.15, 0.2) is 0 Å². The van der Waals surface area contributed by atoms with Gasteiger partial charge in [-0.25, -0.2) is 13.8 Å². The van der Waals surface area contributed by atoms with Gasteiger partial charge in [-0.1, -0.05) is 0 Å². The Bertz CT molecular complexity index is 594. The Morgan fingerprint density at radius 3 is 2.32 bits per heavy atom. The molecule has 0 amide bonds. The van der Waals surface area contributed by atoms with E-state index >= 15 is 0 Å². The van der Waals surface area contributed by atoms with Gasteiger partial charge in [0.1, 0.15) is 17.4 Å². The molecule has 1 heterocycles. The molecule has 0 fully saturated rings. The van der Waals surface area contributed by atoms with Crippen LogP contribution in [0.5, 0.6) is 11.6 Å². The summed E-state index contributed by atoms with van der Waals surface area (Å²) < 4.78 is 31.5. The molecule has 0 saturated carbocycles. The number of rotatable bonds is 3. The van der Waals surface area contributed by atoms with Crippen LogP contribution in [0.3, 0.4) is 0 Å². The van der Waals surface area contributed by atoms with Gasteiger partial charge >= 0.3 is 0 Å². The number of nitrogens with zero attached hydrogens (tertiary/aromatic N) is 1. The molecule has 3 nitrogen and oxygen atoms in total. The van der Waals surface area contributed by atoms with E-state index in [4.69, 9.17) is 4.74 Å². The average molecular weight is 265 g/mol. The van der Waals surface area contributed by atoms with Crippen molar-refractivity contribution in [2.24, 2.45) is 0 Å². The van der Waals surface area contributed by atoms with Crippen molar-refractivity contribution in [1.29, 1.82) is 0 Å². The summed E-state index contributed by atoms with van der Waals surface area (Å²) in [6.45, 7) is 3.32. The fourth-order valence-electron chi connectivity index (χ4n) is 1.80. The topological polar surface area (TPSA) is 42.4 Å². The molecule has 0 bridgehead atoms. The van der Waals surface area contributed by atoms with Crippen molar-refractivity contribution < 1.29 is 18.6 Å². The van der Waals surface area contributed by atoms with Crippen LogP contribution in [-0.2, 0) is 6.61 Å². The first-order chi connectivity index (χ1) is 8.99. The zero-order valence-electron chi connectivity index (χ0n) is 10.6. The number of halogens is 2. The highest BCUT2D eigenvalue weighted by atomic mass is 19.1. The molecule has 0 saturated heterocycles. The Morgan fingerprint density at radius 2 is 1.74 bits per heavy atom. The summed E-state index contributed by atoms with van der Waals surface area (Å²) in [6, 6.07) is 4.67. The molecule has 0 aliphatic carbocycles. The largest absolute Gasteiger partial charge is 0.438 e. The summed E-state index contributed by atoms with van der Waals surface area (Å²) in [6.07, 6.45) is 0. The van der Waals surface area contributed by atoms with Crippen LogP contribution < -0.4 is 4.74 Å². The predicted octanol–water partition coefficient (Wildman–Crippen LogP) is 3.26. The number of aliphatic hydroxyl groups excluding tert-OH is 1. The number of aromatic nitrogens is 1. The molecule has 1 aromatic carbocycles. The minimum atomic E-state index is -0.732. The minimum Gasteiger partial charge on any atom is -0.438 e. The number of benzene rings is 1. The maximum atomic E-state index is 13.1. The second kappa shape index (κ2) is 5.32. The average Bonchev–Trinajstić information content (AvgIpc) is 2.26. The highest BCUT2D eigenvalue weighted by Gasteiger charge is 2.11. The lowest BCUT2D eigenvalue weighted by Crippen LogP contribution is -2.00. The van der Waals surface area contributed by atoms with Crippen molar-refractivity contribution in [3.05, 3.63) is 52.7 Å². The van der Waals surface area contributed by atoms with E-state index in [0.29, 0.717) is 11.3 Å². The molecule has 1 N–H and O–H groups in total. The van der Waals surface area contributed by atoms with Gasteiger partial charge in [0.05, 0.1) is 6.61 Å². The summed E-state index contributed by atoms with van der Waals surface area (Å²) >= 11 is 0. The van der Waals surface area contributed by atoms with Gasteiger partial charge in [0.2, 0.25) is 5.88 Å². The second-order valence-corrected chi connectivity index (χ2v) is 4.23. The van der Waals surface area contributed by atoms with Gasteiger partial charge in [-0.15, -0.1) is 0 Å². The molecule has 0 atom stereocenters. The second-order valence-electron chi connectivity index (χ2n) is 4.23. The number of ether oxygens (including phenoxy) is 1. The van der Waals surface area contributed by atoms with Gasteiger partial charge in [-0.05, 0) is 25.5 Å². The molecular weight excluding hydrogens is 252 g/mol. The van der Waals surface area contributed by atoms with Crippen molar-refractivity contribution in [3.8, 4) is 11.6 Å². The monoisotopic (exact) mass is 265 g/mol. The molecule has 0 unspecified atom stereocenters. The molecule has 0 aliphatic rings. The lowest BCUT2D eigenvalue weighted by molar-refractivity contribution is 0.274. The highest BCUT2D eigenvalue weighted by molar-refractivity contribution is 5.38. The lowest BCUT2D eigenvalue weighted by Gasteiger charge is -2.12. The van der Waals surface area contributed by atoms with Crippen LogP contribution in [0.25, 0.3) is 0 Å². The molecular formula is C14H13F2NO2. The third kappa shape index (κ3) is 3.06. The summed E-state index contributed by atoms with van der Waals surface area (Å²) in [5.74, 6) is -1.30. The zero-order valence-corrected chi connectivity index (χ0v) is 10.6. The predicted molar refractivity (Wildman–Crippen MR) is 66.1 cm³/mol. The van der Waals surface area contributed by atoms with E-state index in [0.717, 1.165) is 23.8 Å². The Balaban J connectivity index is 2.42. The Hall–Kier alpha value is -2.01. The van der Waals surface area contributed by atoms with Crippen LogP contribution in [0.1, 0.15) is 16.8 Å². The van der Waals surface area contributed by atoms with Crippen molar-refractivity contribution in [2.45, 2.75) is 20.5 Å². The van der Waals surface area contributed by atoms with Crippen molar-refractivity contribution in [2.75, 3.05) is 0 Å². The molecule has 0 radical (unpaired) electrons. The quantitative estimate of drug-likeness (QED) is 0.926. The maximum Gasteiger partial charge on any atom is 0.225 e. The van der Waals surface area contributed by atoms with E-state index in [1.165, 1.54) is 0 Å². The van der Waals surface area contributed by atoms with Gasteiger partial charge < -0.3 is 9.84 Å². The lowest BCUT2D eigenvalue weighted by atomic mass is 10.1. The van der Waals surface area contributed by atoms with Crippen molar-refractivity contribution >= 4 is 0 Å². The van der Waals surface area contributed by atoms with E-state index in [2.05, 4.69) is 4.98 Å². The molecule has 19 heavy (non-hydrogen) atoms. The third-order valence-corrected chi connectivity index (χ3v) is 2.65.